The molecule has 0 fully saturated rings. The maximum absolute atomic E-state index is 13.9. The van der Waals surface area contributed by atoms with Gasteiger partial charge in [-0.1, -0.05) is 6.07 Å². The molecule has 0 atom stereocenters. The summed E-state index contributed by atoms with van der Waals surface area (Å²) in [6, 6.07) is 5.88. The Hall–Kier alpha value is -2.88. The summed E-state index contributed by atoms with van der Waals surface area (Å²) >= 11 is 0. The molecule has 0 unspecified atom stereocenters. The number of anilines is 1. The highest BCUT2D eigenvalue weighted by Crippen LogP contribution is 2.18. The van der Waals surface area contributed by atoms with Crippen LogP contribution in [0.1, 0.15) is 27.2 Å². The lowest BCUT2D eigenvalue weighted by atomic mass is 10.1. The molecule has 1 aromatic carbocycles. The van der Waals surface area contributed by atoms with Gasteiger partial charge in [0.1, 0.15) is 23.3 Å². The predicted octanol–water partition coefficient (Wildman–Crippen LogP) is 0.932. The summed E-state index contributed by atoms with van der Waals surface area (Å²) in [5.41, 5.74) is 12.0. The molecule has 0 saturated heterocycles. The molecule has 20 heavy (non-hydrogen) atoms. The lowest BCUT2D eigenvalue weighted by Crippen LogP contribution is -2.12. The number of aryl methyl sites for hydroxylation is 1. The summed E-state index contributed by atoms with van der Waals surface area (Å²) in [5.74, 6) is -1.09. The number of nitrogens with zero attached hydrogens (tertiary/aromatic N) is 3. The Balaban J connectivity index is 2.36. The number of halogens is 1. The first-order chi connectivity index (χ1) is 9.43. The Kier molecular flexibility index (Phi) is 3.39. The van der Waals surface area contributed by atoms with Crippen LogP contribution in [0.5, 0.6) is 0 Å². The van der Waals surface area contributed by atoms with Crippen molar-refractivity contribution in [1.82, 2.24) is 9.78 Å². The van der Waals surface area contributed by atoms with E-state index in [9.17, 15) is 9.18 Å². The van der Waals surface area contributed by atoms with Crippen LogP contribution in [0.25, 0.3) is 0 Å². The minimum absolute atomic E-state index is 0.0687. The molecule has 0 radical (unpaired) electrons. The molecule has 0 aliphatic heterocycles. The molecule has 1 aromatic heterocycles. The van der Waals surface area contributed by atoms with Crippen LogP contribution in [-0.2, 0) is 6.54 Å². The van der Waals surface area contributed by atoms with E-state index >= 15 is 0 Å². The Morgan fingerprint density at radius 1 is 1.55 bits per heavy atom. The Labute approximate surface area is 114 Å². The number of hydrogen-bond acceptors (Lipinski definition) is 4. The second kappa shape index (κ2) is 5.01. The number of carbonyl (C=O) groups is 1. The molecular weight excluding hydrogens is 261 g/mol. The number of aromatic nitrogens is 2. The van der Waals surface area contributed by atoms with E-state index in [1.807, 2.05) is 6.07 Å². The van der Waals surface area contributed by atoms with Crippen molar-refractivity contribution in [3.05, 3.63) is 46.4 Å². The molecular formula is C13H12FN5O. The highest BCUT2D eigenvalue weighted by molar-refractivity contribution is 5.92. The minimum Gasteiger partial charge on any atom is -0.383 e. The predicted molar refractivity (Wildman–Crippen MR) is 70.1 cm³/mol. The monoisotopic (exact) mass is 273 g/mol. The first-order valence-electron chi connectivity index (χ1n) is 5.75. The van der Waals surface area contributed by atoms with E-state index in [0.29, 0.717) is 11.3 Å². The summed E-state index contributed by atoms with van der Waals surface area (Å²) in [4.78, 5) is 10.9. The van der Waals surface area contributed by atoms with Crippen molar-refractivity contribution in [2.75, 3.05) is 5.73 Å². The van der Waals surface area contributed by atoms with Gasteiger partial charge in [0.15, 0.2) is 0 Å². The first kappa shape index (κ1) is 13.5. The smallest absolute Gasteiger partial charge is 0.248 e. The maximum Gasteiger partial charge on any atom is 0.248 e. The fourth-order valence-corrected chi connectivity index (χ4v) is 1.85. The molecule has 6 nitrogen and oxygen atoms in total. The molecule has 0 spiro atoms. The Morgan fingerprint density at radius 2 is 2.25 bits per heavy atom. The third-order valence-electron chi connectivity index (χ3n) is 2.94. The van der Waals surface area contributed by atoms with Crippen molar-refractivity contribution >= 4 is 11.7 Å². The van der Waals surface area contributed by atoms with Crippen LogP contribution in [0.15, 0.2) is 18.2 Å². The van der Waals surface area contributed by atoms with Crippen LogP contribution in [-0.4, -0.2) is 15.7 Å². The minimum atomic E-state index is -0.698. The molecule has 1 heterocycles. The molecule has 2 aromatic rings. The van der Waals surface area contributed by atoms with Gasteiger partial charge in [-0.3, -0.25) is 4.79 Å². The SMILES string of the molecule is Cc1nn(Cc2ccc(C(N)=O)cc2F)c(N)c1C#N. The van der Waals surface area contributed by atoms with Crippen molar-refractivity contribution < 1.29 is 9.18 Å². The summed E-state index contributed by atoms with van der Waals surface area (Å²) in [6.07, 6.45) is 0. The number of benzene rings is 1. The second-order valence-electron chi connectivity index (χ2n) is 4.29. The third kappa shape index (κ3) is 2.31. The third-order valence-corrected chi connectivity index (χ3v) is 2.94. The summed E-state index contributed by atoms with van der Waals surface area (Å²) in [5, 5.41) is 13.0. The number of nitriles is 1. The number of nitrogen functional groups attached to an aromatic ring is 1. The molecule has 0 aliphatic rings. The molecule has 1 amide bonds. The van der Waals surface area contributed by atoms with Crippen LogP contribution in [0.4, 0.5) is 10.2 Å². The van der Waals surface area contributed by atoms with Crippen molar-refractivity contribution in [3.63, 3.8) is 0 Å². The largest absolute Gasteiger partial charge is 0.383 e. The van der Waals surface area contributed by atoms with Gasteiger partial charge >= 0.3 is 0 Å². The van der Waals surface area contributed by atoms with Crippen LogP contribution < -0.4 is 11.5 Å². The van der Waals surface area contributed by atoms with Gasteiger partial charge in [0.2, 0.25) is 5.91 Å². The highest BCUT2D eigenvalue weighted by atomic mass is 19.1. The standard InChI is InChI=1S/C13H12FN5O/c1-7-10(5-15)12(16)19(18-7)6-9-3-2-8(13(17)20)4-11(9)14/h2-4H,6,16H2,1H3,(H2,17,20). The molecule has 102 valence electrons. The average molecular weight is 273 g/mol. The number of nitrogens with two attached hydrogens (primary N) is 2. The van der Waals surface area contributed by atoms with Gasteiger partial charge in [0, 0.05) is 11.1 Å². The van der Waals surface area contributed by atoms with Crippen LogP contribution >= 0.6 is 0 Å². The van der Waals surface area contributed by atoms with Crippen molar-refractivity contribution in [1.29, 1.82) is 5.26 Å². The van der Waals surface area contributed by atoms with Gasteiger partial charge in [-0.15, -0.1) is 0 Å². The second-order valence-corrected chi connectivity index (χ2v) is 4.29. The highest BCUT2D eigenvalue weighted by Gasteiger charge is 2.14. The molecule has 0 bridgehead atoms. The summed E-state index contributed by atoms with van der Waals surface area (Å²) in [6.45, 7) is 1.72. The van der Waals surface area contributed by atoms with E-state index in [1.54, 1.807) is 6.92 Å². The van der Waals surface area contributed by atoms with Crippen molar-refractivity contribution in [2.45, 2.75) is 13.5 Å². The van der Waals surface area contributed by atoms with Crippen molar-refractivity contribution in [3.8, 4) is 6.07 Å². The zero-order valence-electron chi connectivity index (χ0n) is 10.7. The normalized spacial score (nSPS) is 10.2. The average Bonchev–Trinajstić information content (AvgIpc) is 2.66. The Bertz CT molecular complexity index is 729. The van der Waals surface area contributed by atoms with E-state index < -0.39 is 11.7 Å². The fraction of sp³-hybridized carbons (Fsp3) is 0.154. The zero-order chi connectivity index (χ0) is 14.9. The number of hydrogen-bond donors (Lipinski definition) is 2. The van der Waals surface area contributed by atoms with Crippen molar-refractivity contribution in [2.24, 2.45) is 5.73 Å². The van der Waals surface area contributed by atoms with Gasteiger partial charge in [-0.2, -0.15) is 10.4 Å². The number of carbonyl (C=O) groups excluding carboxylic acids is 1. The van der Waals surface area contributed by atoms with E-state index in [4.69, 9.17) is 16.7 Å². The lowest BCUT2D eigenvalue weighted by Gasteiger charge is -2.06. The fourth-order valence-electron chi connectivity index (χ4n) is 1.85. The van der Waals surface area contributed by atoms with Gasteiger partial charge in [-0.05, 0) is 19.1 Å². The van der Waals surface area contributed by atoms with Gasteiger partial charge in [0.05, 0.1) is 12.2 Å². The molecule has 2 rings (SSSR count). The maximum atomic E-state index is 13.9. The van der Waals surface area contributed by atoms with Gasteiger partial charge < -0.3 is 11.5 Å². The van der Waals surface area contributed by atoms with Crippen LogP contribution in [0, 0.1) is 24.1 Å². The van der Waals surface area contributed by atoms with Crippen LogP contribution in [0.3, 0.4) is 0 Å². The van der Waals surface area contributed by atoms with E-state index in [1.165, 1.54) is 16.8 Å². The first-order valence-corrected chi connectivity index (χ1v) is 5.75. The van der Waals surface area contributed by atoms with E-state index in [-0.39, 0.29) is 23.5 Å². The number of primary amides is 1. The van der Waals surface area contributed by atoms with E-state index in [2.05, 4.69) is 5.10 Å². The summed E-state index contributed by atoms with van der Waals surface area (Å²) in [7, 11) is 0. The molecule has 7 heteroatoms. The van der Waals surface area contributed by atoms with Gasteiger partial charge in [-0.25, -0.2) is 9.07 Å². The van der Waals surface area contributed by atoms with E-state index in [0.717, 1.165) is 6.07 Å². The van der Waals surface area contributed by atoms with Crippen LogP contribution in [0.2, 0.25) is 0 Å². The number of amides is 1. The Morgan fingerprint density at radius 3 is 2.75 bits per heavy atom. The molecule has 0 aliphatic carbocycles. The zero-order valence-corrected chi connectivity index (χ0v) is 10.7. The number of rotatable bonds is 3. The molecule has 4 N–H and O–H groups in total. The lowest BCUT2D eigenvalue weighted by molar-refractivity contribution is 0.1000. The summed E-state index contributed by atoms with van der Waals surface area (Å²) < 4.78 is 15.2. The molecule has 0 saturated carbocycles. The quantitative estimate of drug-likeness (QED) is 0.866. The van der Waals surface area contributed by atoms with Gasteiger partial charge in [0.25, 0.3) is 0 Å². The topological polar surface area (TPSA) is 111 Å².